The van der Waals surface area contributed by atoms with Crippen LogP contribution in [0.15, 0.2) is 70.3 Å². The van der Waals surface area contributed by atoms with Crippen LogP contribution in [-0.4, -0.2) is 84.4 Å². The molecule has 2 fully saturated rings. The van der Waals surface area contributed by atoms with E-state index in [2.05, 4.69) is 15.2 Å². The van der Waals surface area contributed by atoms with E-state index in [-0.39, 0.29) is 35.0 Å². The van der Waals surface area contributed by atoms with Crippen molar-refractivity contribution in [1.82, 2.24) is 20.1 Å². The summed E-state index contributed by atoms with van der Waals surface area (Å²) in [6.07, 6.45) is 2.49. The van der Waals surface area contributed by atoms with Crippen LogP contribution in [0, 0.1) is 5.82 Å². The summed E-state index contributed by atoms with van der Waals surface area (Å²) in [5, 5.41) is 5.92. The molecule has 3 N–H and O–H groups in total. The number of benzene rings is 2. The SMILES string of the molecule is COC(=O)C1=C(CN2CCN3C(=O)N(c4ccc(CCC(N)=O)cc4)C[C@@H]3C2)NC(c2nccs2)=N[C@H]1c1ccc(F)cc1Cl. The molecule has 2 aromatic carbocycles. The number of ether oxygens (including phenoxy) is 1. The number of aromatic nitrogens is 1. The lowest BCUT2D eigenvalue weighted by atomic mass is 9.95. The van der Waals surface area contributed by atoms with E-state index in [0.29, 0.717) is 61.2 Å². The topological polar surface area (TPSA) is 133 Å². The van der Waals surface area contributed by atoms with E-state index in [1.165, 1.54) is 36.6 Å². The summed E-state index contributed by atoms with van der Waals surface area (Å²) >= 11 is 7.87. The fourth-order valence-corrected chi connectivity index (χ4v) is 6.79. The molecule has 1 aromatic heterocycles. The smallest absolute Gasteiger partial charge is 0.338 e. The molecule has 3 aromatic rings. The number of urea groups is 1. The van der Waals surface area contributed by atoms with E-state index in [4.69, 9.17) is 27.1 Å². The largest absolute Gasteiger partial charge is 0.466 e. The molecular formula is C31H31ClFN7O4S. The number of rotatable bonds is 9. The molecule has 0 radical (unpaired) electrons. The number of nitrogens with two attached hydrogens (primary N) is 1. The molecule has 0 spiro atoms. The lowest BCUT2D eigenvalue weighted by Crippen LogP contribution is -2.53. The van der Waals surface area contributed by atoms with E-state index in [1.807, 2.05) is 34.5 Å². The third-order valence-corrected chi connectivity index (χ3v) is 9.26. The minimum atomic E-state index is -0.850. The van der Waals surface area contributed by atoms with Crippen LogP contribution < -0.4 is 16.0 Å². The minimum absolute atomic E-state index is 0.0565. The molecule has 3 aliphatic heterocycles. The number of methoxy groups -OCH3 is 1. The summed E-state index contributed by atoms with van der Waals surface area (Å²) in [5.41, 5.74) is 8.35. The van der Waals surface area contributed by atoms with E-state index < -0.39 is 17.8 Å². The highest BCUT2D eigenvalue weighted by Gasteiger charge is 2.42. The summed E-state index contributed by atoms with van der Waals surface area (Å²) < 4.78 is 19.2. The summed E-state index contributed by atoms with van der Waals surface area (Å²) in [4.78, 5) is 52.8. The van der Waals surface area contributed by atoms with Gasteiger partial charge < -0.3 is 20.7 Å². The fraction of sp³-hybridized carbons (Fsp3) is 0.323. The Kier molecular flexibility index (Phi) is 8.83. The van der Waals surface area contributed by atoms with Crippen molar-refractivity contribution < 1.29 is 23.5 Å². The van der Waals surface area contributed by atoms with Crippen molar-refractivity contribution in [1.29, 1.82) is 0 Å². The number of carbonyl (C=O) groups excluding carboxylic acids is 3. The Morgan fingerprint density at radius 3 is 2.67 bits per heavy atom. The molecule has 2 atom stereocenters. The second kappa shape index (κ2) is 13.0. The third kappa shape index (κ3) is 6.42. The molecule has 14 heteroatoms. The van der Waals surface area contributed by atoms with Crippen molar-refractivity contribution in [2.75, 3.05) is 44.7 Å². The molecule has 11 nitrogen and oxygen atoms in total. The van der Waals surface area contributed by atoms with Gasteiger partial charge in [0.1, 0.15) is 11.9 Å². The molecule has 3 aliphatic rings. The first-order valence-electron chi connectivity index (χ1n) is 14.4. The predicted octanol–water partition coefficient (Wildman–Crippen LogP) is 3.50. The van der Waals surface area contributed by atoms with E-state index >= 15 is 0 Å². The number of thiazole rings is 1. The first-order valence-corrected chi connectivity index (χ1v) is 15.7. The van der Waals surface area contributed by atoms with Crippen molar-refractivity contribution in [3.63, 3.8) is 0 Å². The van der Waals surface area contributed by atoms with Crippen molar-refractivity contribution in [3.8, 4) is 0 Å². The van der Waals surface area contributed by atoms with Gasteiger partial charge in [-0.2, -0.15) is 0 Å². The number of primary amides is 1. The summed E-state index contributed by atoms with van der Waals surface area (Å²) in [6.45, 7) is 2.51. The number of nitrogens with one attached hydrogen (secondary N) is 1. The zero-order valence-electron chi connectivity index (χ0n) is 24.4. The lowest BCUT2D eigenvalue weighted by Gasteiger charge is -2.38. The number of nitrogens with zero attached hydrogens (tertiary/aromatic N) is 5. The van der Waals surface area contributed by atoms with Gasteiger partial charge in [-0.05, 0) is 36.2 Å². The van der Waals surface area contributed by atoms with Gasteiger partial charge in [0.2, 0.25) is 5.91 Å². The number of amidine groups is 1. The zero-order valence-corrected chi connectivity index (χ0v) is 26.0. The molecule has 6 rings (SSSR count). The zero-order chi connectivity index (χ0) is 31.7. The van der Waals surface area contributed by atoms with Crippen LogP contribution in [0.3, 0.4) is 0 Å². The van der Waals surface area contributed by atoms with E-state index in [0.717, 1.165) is 11.3 Å². The Morgan fingerprint density at radius 1 is 1.18 bits per heavy atom. The number of anilines is 1. The van der Waals surface area contributed by atoms with Crippen molar-refractivity contribution in [2.24, 2.45) is 10.7 Å². The molecule has 0 bridgehead atoms. The first kappa shape index (κ1) is 30.7. The molecule has 0 aliphatic carbocycles. The van der Waals surface area contributed by atoms with Crippen LogP contribution in [0.4, 0.5) is 14.9 Å². The Balaban J connectivity index is 1.24. The van der Waals surface area contributed by atoms with Crippen LogP contribution in [0.2, 0.25) is 5.02 Å². The lowest BCUT2D eigenvalue weighted by molar-refractivity contribution is -0.136. The number of hydrogen-bond donors (Lipinski definition) is 2. The maximum Gasteiger partial charge on any atom is 0.338 e. The molecule has 234 valence electrons. The van der Waals surface area contributed by atoms with Gasteiger partial charge in [0, 0.05) is 72.7 Å². The van der Waals surface area contributed by atoms with Gasteiger partial charge in [0.15, 0.2) is 10.8 Å². The molecule has 0 saturated carbocycles. The van der Waals surface area contributed by atoms with Gasteiger partial charge >= 0.3 is 12.0 Å². The number of piperazine rings is 1. The average molecular weight is 652 g/mol. The van der Waals surface area contributed by atoms with Crippen molar-refractivity contribution >= 4 is 52.4 Å². The third-order valence-electron chi connectivity index (χ3n) is 8.15. The highest BCUT2D eigenvalue weighted by atomic mass is 35.5. The maximum absolute atomic E-state index is 14.0. The highest BCUT2D eigenvalue weighted by Crippen LogP contribution is 2.37. The van der Waals surface area contributed by atoms with Gasteiger partial charge in [-0.25, -0.2) is 19.0 Å². The maximum atomic E-state index is 14.0. The van der Waals surface area contributed by atoms with Crippen LogP contribution >= 0.6 is 22.9 Å². The number of aliphatic imine (C=N–C) groups is 1. The Hall–Kier alpha value is -4.33. The summed E-state index contributed by atoms with van der Waals surface area (Å²) in [5.74, 6) is -0.958. The Labute approximate surface area is 268 Å². The summed E-state index contributed by atoms with van der Waals surface area (Å²) in [7, 11) is 1.30. The molecule has 2 saturated heterocycles. The monoisotopic (exact) mass is 651 g/mol. The normalized spacial score (nSPS) is 20.2. The second-order valence-corrected chi connectivity index (χ2v) is 12.3. The predicted molar refractivity (Wildman–Crippen MR) is 169 cm³/mol. The number of amides is 3. The van der Waals surface area contributed by atoms with Crippen LogP contribution in [0.5, 0.6) is 0 Å². The number of halogens is 2. The number of aryl methyl sites for hydroxylation is 1. The molecule has 4 heterocycles. The Bertz CT molecular complexity index is 1680. The van der Waals surface area contributed by atoms with Gasteiger partial charge in [0.25, 0.3) is 0 Å². The van der Waals surface area contributed by atoms with Crippen LogP contribution in [0.25, 0.3) is 0 Å². The molecule has 3 amide bonds. The average Bonchev–Trinajstić information content (AvgIpc) is 3.68. The first-order chi connectivity index (χ1) is 21.7. The van der Waals surface area contributed by atoms with Gasteiger partial charge in [0.05, 0.1) is 18.7 Å². The molecule has 0 unspecified atom stereocenters. The van der Waals surface area contributed by atoms with Crippen LogP contribution in [-0.2, 0) is 20.7 Å². The van der Waals surface area contributed by atoms with Gasteiger partial charge in [-0.3, -0.25) is 19.6 Å². The van der Waals surface area contributed by atoms with Gasteiger partial charge in [-0.1, -0.05) is 29.8 Å². The van der Waals surface area contributed by atoms with E-state index in [9.17, 15) is 18.8 Å². The van der Waals surface area contributed by atoms with Gasteiger partial charge in [-0.15, -0.1) is 11.3 Å². The fourth-order valence-electron chi connectivity index (χ4n) is 5.93. The number of fused-ring (bicyclic) bond motifs is 1. The standard InChI is InChI=1S/C31H31ClFN7O4S/c1-44-30(42)26-24(36-28(29-35-10-13-45-29)37-27(26)22-8-5-19(33)14-23(22)32)17-38-11-12-39-21(15-38)16-40(31(39)43)20-6-2-18(3-7-20)4-9-25(34)41/h2-3,5-8,10,13-14,21,27H,4,9,11-12,15-17H2,1H3,(H2,34,41)(H,36,37)/t21-,27-/m0/s1. The second-order valence-electron chi connectivity index (χ2n) is 11.0. The number of hydrogen-bond acceptors (Lipinski definition) is 9. The minimum Gasteiger partial charge on any atom is -0.466 e. The number of esters is 1. The molecular weight excluding hydrogens is 621 g/mol. The quantitative estimate of drug-likeness (QED) is 0.339. The molecule has 45 heavy (non-hydrogen) atoms. The van der Waals surface area contributed by atoms with Crippen molar-refractivity contribution in [2.45, 2.75) is 24.9 Å². The van der Waals surface area contributed by atoms with E-state index in [1.54, 1.807) is 11.1 Å². The highest BCUT2D eigenvalue weighted by molar-refractivity contribution is 7.11. The summed E-state index contributed by atoms with van der Waals surface area (Å²) in [6, 6.07) is 10.6. The van der Waals surface area contributed by atoms with Crippen LogP contribution in [0.1, 0.15) is 28.6 Å². The Morgan fingerprint density at radius 2 is 1.98 bits per heavy atom. The number of carbonyl (C=O) groups is 3. The van der Waals surface area contributed by atoms with Crippen molar-refractivity contribution in [3.05, 3.63) is 92.3 Å².